The van der Waals surface area contributed by atoms with Gasteiger partial charge in [-0.25, -0.2) is 4.79 Å². The monoisotopic (exact) mass is 304 g/mol. The lowest BCUT2D eigenvalue weighted by atomic mass is 10.2. The van der Waals surface area contributed by atoms with E-state index in [9.17, 15) is 4.79 Å². The van der Waals surface area contributed by atoms with Gasteiger partial charge in [-0.1, -0.05) is 31.2 Å². The number of rotatable bonds is 3. The van der Waals surface area contributed by atoms with E-state index in [-0.39, 0.29) is 5.97 Å². The molecule has 92 valence electrons. The predicted octanol–water partition coefficient (Wildman–Crippen LogP) is 4.23. The molecule has 2 nitrogen and oxygen atoms in total. The first-order chi connectivity index (χ1) is 8.70. The van der Waals surface area contributed by atoms with Gasteiger partial charge in [0.2, 0.25) is 0 Å². The summed E-state index contributed by atoms with van der Waals surface area (Å²) >= 11 is 3.33. The molecule has 0 atom stereocenters. The average Bonchev–Trinajstić information content (AvgIpc) is 2.40. The van der Waals surface area contributed by atoms with Crippen LogP contribution >= 0.6 is 15.9 Å². The van der Waals surface area contributed by atoms with Crippen LogP contribution in [0.4, 0.5) is 0 Å². The molecule has 0 amide bonds. The Bertz CT molecular complexity index is 547. The van der Waals surface area contributed by atoms with Gasteiger partial charge >= 0.3 is 5.97 Å². The van der Waals surface area contributed by atoms with Crippen LogP contribution in [0.5, 0.6) is 5.75 Å². The molecule has 0 radical (unpaired) electrons. The van der Waals surface area contributed by atoms with Crippen molar-refractivity contribution in [3.63, 3.8) is 0 Å². The van der Waals surface area contributed by atoms with Gasteiger partial charge in [-0.15, -0.1) is 0 Å². The Balaban J connectivity index is 2.14. The molecule has 0 saturated carbocycles. The molecular weight excluding hydrogens is 292 g/mol. The molecule has 0 unspecified atom stereocenters. The number of halogens is 1. The number of carbonyl (C=O) groups is 1. The summed E-state index contributed by atoms with van der Waals surface area (Å²) in [5.74, 6) is 0.208. The van der Waals surface area contributed by atoms with E-state index in [1.807, 2.05) is 42.5 Å². The van der Waals surface area contributed by atoms with Crippen molar-refractivity contribution in [3.05, 3.63) is 64.1 Å². The molecule has 2 aromatic rings. The zero-order valence-electron chi connectivity index (χ0n) is 10.0. The van der Waals surface area contributed by atoms with E-state index in [0.29, 0.717) is 11.3 Å². The Hall–Kier alpha value is -1.61. The average molecular weight is 305 g/mol. The van der Waals surface area contributed by atoms with Crippen LogP contribution in [0.25, 0.3) is 0 Å². The lowest BCUT2D eigenvalue weighted by Crippen LogP contribution is -2.09. The second-order valence-electron chi connectivity index (χ2n) is 3.87. The minimum atomic E-state index is -0.355. The Morgan fingerprint density at radius 2 is 1.78 bits per heavy atom. The third-order valence-electron chi connectivity index (χ3n) is 2.64. The summed E-state index contributed by atoms with van der Waals surface area (Å²) in [7, 11) is 0. The fourth-order valence-electron chi connectivity index (χ4n) is 1.58. The minimum Gasteiger partial charge on any atom is -0.423 e. The minimum absolute atomic E-state index is 0.355. The molecule has 0 aliphatic heterocycles. The topological polar surface area (TPSA) is 26.3 Å². The summed E-state index contributed by atoms with van der Waals surface area (Å²) < 4.78 is 6.05. The fourth-order valence-corrected chi connectivity index (χ4v) is 2.03. The highest BCUT2D eigenvalue weighted by molar-refractivity contribution is 9.10. The fraction of sp³-hybridized carbons (Fsp3) is 0.133. The summed E-state index contributed by atoms with van der Waals surface area (Å²) in [6.07, 6.45) is 0.971. The van der Waals surface area contributed by atoms with E-state index < -0.39 is 0 Å². The summed E-state index contributed by atoms with van der Waals surface area (Å²) in [5, 5.41) is 0. The summed E-state index contributed by atoms with van der Waals surface area (Å²) in [5.41, 5.74) is 1.74. The smallest absolute Gasteiger partial charge is 0.344 e. The standard InChI is InChI=1S/C15H13BrO2/c1-2-11-7-9-12(10-8-11)18-15(17)13-5-3-4-6-14(13)16/h3-10H,2H2,1H3. The summed E-state index contributed by atoms with van der Waals surface area (Å²) in [6.45, 7) is 2.09. The van der Waals surface area contributed by atoms with E-state index in [4.69, 9.17) is 4.74 Å². The van der Waals surface area contributed by atoms with Crippen molar-refractivity contribution in [2.45, 2.75) is 13.3 Å². The van der Waals surface area contributed by atoms with E-state index >= 15 is 0 Å². The molecule has 18 heavy (non-hydrogen) atoms. The van der Waals surface area contributed by atoms with Gasteiger partial charge in [-0.05, 0) is 52.2 Å². The quantitative estimate of drug-likeness (QED) is 0.626. The maximum atomic E-state index is 11.9. The molecule has 0 aromatic heterocycles. The normalized spacial score (nSPS) is 10.1. The van der Waals surface area contributed by atoms with Crippen LogP contribution in [-0.2, 0) is 6.42 Å². The number of aryl methyl sites for hydroxylation is 1. The molecule has 2 aromatic carbocycles. The van der Waals surface area contributed by atoms with Crippen molar-refractivity contribution in [2.24, 2.45) is 0 Å². The first kappa shape index (κ1) is 12.8. The number of hydrogen-bond acceptors (Lipinski definition) is 2. The van der Waals surface area contributed by atoms with Crippen LogP contribution in [0.3, 0.4) is 0 Å². The van der Waals surface area contributed by atoms with Crippen LogP contribution in [-0.4, -0.2) is 5.97 Å². The Morgan fingerprint density at radius 3 is 2.39 bits per heavy atom. The SMILES string of the molecule is CCc1ccc(OC(=O)c2ccccc2Br)cc1. The number of esters is 1. The van der Waals surface area contributed by atoms with Gasteiger partial charge in [0.25, 0.3) is 0 Å². The van der Waals surface area contributed by atoms with Crippen molar-refractivity contribution >= 4 is 21.9 Å². The highest BCUT2D eigenvalue weighted by atomic mass is 79.9. The van der Waals surface area contributed by atoms with Gasteiger partial charge < -0.3 is 4.74 Å². The number of benzene rings is 2. The third kappa shape index (κ3) is 2.99. The molecule has 0 N–H and O–H groups in total. The predicted molar refractivity (Wildman–Crippen MR) is 74.9 cm³/mol. The van der Waals surface area contributed by atoms with Crippen LogP contribution < -0.4 is 4.74 Å². The molecule has 0 bridgehead atoms. The van der Waals surface area contributed by atoms with Crippen LogP contribution in [0.1, 0.15) is 22.8 Å². The zero-order valence-corrected chi connectivity index (χ0v) is 11.6. The Morgan fingerprint density at radius 1 is 1.11 bits per heavy atom. The molecule has 3 heteroatoms. The Kier molecular flexibility index (Phi) is 4.15. The zero-order chi connectivity index (χ0) is 13.0. The lowest BCUT2D eigenvalue weighted by Gasteiger charge is -2.06. The number of carbonyl (C=O) groups excluding carboxylic acids is 1. The molecule has 0 aliphatic rings. The van der Waals surface area contributed by atoms with Crippen LogP contribution in [0.15, 0.2) is 53.0 Å². The van der Waals surface area contributed by atoms with Gasteiger partial charge in [0, 0.05) is 4.47 Å². The summed E-state index contributed by atoms with van der Waals surface area (Å²) in [4.78, 5) is 11.9. The molecular formula is C15H13BrO2. The van der Waals surface area contributed by atoms with Crippen molar-refractivity contribution < 1.29 is 9.53 Å². The molecule has 0 saturated heterocycles. The first-order valence-corrected chi connectivity index (χ1v) is 6.55. The van der Waals surface area contributed by atoms with E-state index in [1.54, 1.807) is 6.07 Å². The molecule has 0 spiro atoms. The largest absolute Gasteiger partial charge is 0.423 e. The van der Waals surface area contributed by atoms with Crippen molar-refractivity contribution in [1.29, 1.82) is 0 Å². The van der Waals surface area contributed by atoms with Crippen molar-refractivity contribution in [2.75, 3.05) is 0 Å². The van der Waals surface area contributed by atoms with Crippen LogP contribution in [0.2, 0.25) is 0 Å². The maximum absolute atomic E-state index is 11.9. The molecule has 0 heterocycles. The maximum Gasteiger partial charge on any atom is 0.344 e. The second kappa shape index (κ2) is 5.83. The van der Waals surface area contributed by atoms with Gasteiger partial charge in [-0.3, -0.25) is 0 Å². The number of hydrogen-bond donors (Lipinski definition) is 0. The van der Waals surface area contributed by atoms with Gasteiger partial charge in [0.15, 0.2) is 0 Å². The molecule has 2 rings (SSSR count). The lowest BCUT2D eigenvalue weighted by molar-refractivity contribution is 0.0734. The van der Waals surface area contributed by atoms with E-state index in [0.717, 1.165) is 10.9 Å². The molecule has 0 fully saturated rings. The second-order valence-corrected chi connectivity index (χ2v) is 4.72. The van der Waals surface area contributed by atoms with Crippen molar-refractivity contribution in [1.82, 2.24) is 0 Å². The van der Waals surface area contributed by atoms with Crippen LogP contribution in [0, 0.1) is 0 Å². The van der Waals surface area contributed by atoms with Crippen molar-refractivity contribution in [3.8, 4) is 5.75 Å². The van der Waals surface area contributed by atoms with Gasteiger partial charge in [0.05, 0.1) is 5.56 Å². The van der Waals surface area contributed by atoms with Gasteiger partial charge in [-0.2, -0.15) is 0 Å². The van der Waals surface area contributed by atoms with Gasteiger partial charge in [0.1, 0.15) is 5.75 Å². The van der Waals surface area contributed by atoms with E-state index in [2.05, 4.69) is 22.9 Å². The first-order valence-electron chi connectivity index (χ1n) is 5.76. The Labute approximate surface area is 115 Å². The van der Waals surface area contributed by atoms with E-state index in [1.165, 1.54) is 5.56 Å². The third-order valence-corrected chi connectivity index (χ3v) is 3.33. The highest BCUT2D eigenvalue weighted by Crippen LogP contribution is 2.19. The summed E-state index contributed by atoms with van der Waals surface area (Å²) in [6, 6.07) is 14.8. The molecule has 0 aliphatic carbocycles. The highest BCUT2D eigenvalue weighted by Gasteiger charge is 2.11. The number of ether oxygens (including phenoxy) is 1.